The van der Waals surface area contributed by atoms with Gasteiger partial charge in [0.15, 0.2) is 5.65 Å². The van der Waals surface area contributed by atoms with Gasteiger partial charge in [-0.1, -0.05) is 24.3 Å². The molecule has 124 valence electrons. The average molecular weight is 332 g/mol. The van der Waals surface area contributed by atoms with E-state index in [2.05, 4.69) is 4.98 Å². The molecule has 0 spiro atoms. The van der Waals surface area contributed by atoms with Crippen LogP contribution in [-0.2, 0) is 4.74 Å². The second kappa shape index (κ2) is 5.59. The van der Waals surface area contributed by atoms with Gasteiger partial charge >= 0.3 is 5.97 Å². The van der Waals surface area contributed by atoms with Crippen LogP contribution in [0.5, 0.6) is 0 Å². The van der Waals surface area contributed by atoms with Crippen LogP contribution >= 0.6 is 0 Å². The molecule has 0 aliphatic carbocycles. The maximum Gasteiger partial charge on any atom is 0.343 e. The highest BCUT2D eigenvalue weighted by Gasteiger charge is 2.25. The summed E-state index contributed by atoms with van der Waals surface area (Å²) in [6.07, 6.45) is 0. The Kier molecular flexibility index (Phi) is 3.39. The fourth-order valence-electron chi connectivity index (χ4n) is 2.99. The van der Waals surface area contributed by atoms with E-state index in [1.165, 1.54) is 7.11 Å². The molecule has 25 heavy (non-hydrogen) atoms. The first kappa shape index (κ1) is 15.1. The number of nitrogens with two attached hydrogens (primary N) is 1. The summed E-state index contributed by atoms with van der Waals surface area (Å²) in [5.41, 5.74) is 10.8. The standard InChI is InChI=1S/C19H16N4O2/c1-11-6-5-7-12(10-11)23-17(20)15(19(24)25-2)16-18(23)22-14-9-4-3-8-13(14)21-16/h3-10H,20H2,1-2H3. The molecule has 0 amide bonds. The Morgan fingerprint density at radius 3 is 2.48 bits per heavy atom. The molecule has 6 heteroatoms. The van der Waals surface area contributed by atoms with Crippen LogP contribution in [0.1, 0.15) is 15.9 Å². The van der Waals surface area contributed by atoms with Gasteiger partial charge in [0.05, 0.1) is 18.1 Å². The molecule has 2 aromatic carbocycles. The van der Waals surface area contributed by atoms with E-state index in [9.17, 15) is 4.79 Å². The number of nitrogens with zero attached hydrogens (tertiary/aromatic N) is 3. The number of ether oxygens (including phenoxy) is 1. The van der Waals surface area contributed by atoms with Crippen molar-refractivity contribution < 1.29 is 9.53 Å². The molecule has 0 saturated carbocycles. The van der Waals surface area contributed by atoms with Crippen LogP contribution in [0.25, 0.3) is 27.9 Å². The molecule has 2 N–H and O–H groups in total. The quantitative estimate of drug-likeness (QED) is 0.570. The van der Waals surface area contributed by atoms with Crippen molar-refractivity contribution in [1.29, 1.82) is 0 Å². The number of hydrogen-bond acceptors (Lipinski definition) is 5. The summed E-state index contributed by atoms with van der Waals surface area (Å²) in [5.74, 6) is -0.263. The SMILES string of the molecule is COC(=O)c1c(N)n(-c2cccc(C)c2)c2nc3ccccc3nc12. The van der Waals surface area contributed by atoms with Crippen LogP contribution in [0.2, 0.25) is 0 Å². The Hall–Kier alpha value is -3.41. The van der Waals surface area contributed by atoms with Crippen LogP contribution < -0.4 is 5.73 Å². The van der Waals surface area contributed by atoms with E-state index >= 15 is 0 Å². The minimum atomic E-state index is -0.529. The fourth-order valence-corrected chi connectivity index (χ4v) is 2.99. The number of carbonyl (C=O) groups is 1. The summed E-state index contributed by atoms with van der Waals surface area (Å²) < 4.78 is 6.65. The van der Waals surface area contributed by atoms with Crippen molar-refractivity contribution >= 4 is 34.0 Å². The zero-order chi connectivity index (χ0) is 17.6. The average Bonchev–Trinajstić information content (AvgIpc) is 2.90. The van der Waals surface area contributed by atoms with Crippen LogP contribution in [0.15, 0.2) is 48.5 Å². The lowest BCUT2D eigenvalue weighted by Gasteiger charge is -2.08. The van der Waals surface area contributed by atoms with Gasteiger partial charge in [0, 0.05) is 5.69 Å². The van der Waals surface area contributed by atoms with E-state index < -0.39 is 5.97 Å². The first-order valence-electron chi connectivity index (χ1n) is 7.82. The molecular weight excluding hydrogens is 316 g/mol. The minimum Gasteiger partial charge on any atom is -0.465 e. The highest BCUT2D eigenvalue weighted by molar-refractivity contribution is 6.08. The van der Waals surface area contributed by atoms with Crippen molar-refractivity contribution in [3.63, 3.8) is 0 Å². The van der Waals surface area contributed by atoms with Gasteiger partial charge in [-0.05, 0) is 36.8 Å². The smallest absolute Gasteiger partial charge is 0.343 e. The topological polar surface area (TPSA) is 83.0 Å². The molecule has 4 aromatic rings. The molecule has 4 rings (SSSR count). The van der Waals surface area contributed by atoms with Crippen molar-refractivity contribution in [2.75, 3.05) is 12.8 Å². The second-order valence-electron chi connectivity index (χ2n) is 5.81. The number of para-hydroxylation sites is 2. The summed E-state index contributed by atoms with van der Waals surface area (Å²) in [7, 11) is 1.33. The highest BCUT2D eigenvalue weighted by Crippen LogP contribution is 2.31. The maximum absolute atomic E-state index is 12.3. The zero-order valence-electron chi connectivity index (χ0n) is 13.9. The van der Waals surface area contributed by atoms with Gasteiger partial charge < -0.3 is 10.5 Å². The molecule has 0 radical (unpaired) electrons. The van der Waals surface area contributed by atoms with Crippen LogP contribution in [0.4, 0.5) is 5.82 Å². The lowest BCUT2D eigenvalue weighted by atomic mass is 10.2. The van der Waals surface area contributed by atoms with Crippen molar-refractivity contribution in [3.05, 3.63) is 59.7 Å². The molecule has 0 saturated heterocycles. The number of fused-ring (bicyclic) bond motifs is 2. The predicted octanol–water partition coefficient (Wildman–Crippen LogP) is 3.25. The Bertz CT molecular complexity index is 1130. The molecule has 2 heterocycles. The third-order valence-electron chi connectivity index (χ3n) is 4.15. The third kappa shape index (κ3) is 2.30. The summed E-state index contributed by atoms with van der Waals surface area (Å²) in [6.45, 7) is 1.99. The molecule has 2 aromatic heterocycles. The zero-order valence-corrected chi connectivity index (χ0v) is 13.9. The molecule has 0 bridgehead atoms. The lowest BCUT2D eigenvalue weighted by Crippen LogP contribution is -2.07. The number of methoxy groups -OCH3 is 1. The third-order valence-corrected chi connectivity index (χ3v) is 4.15. The number of carbonyl (C=O) groups excluding carboxylic acids is 1. The lowest BCUT2D eigenvalue weighted by molar-refractivity contribution is 0.0604. The number of nitrogen functional groups attached to an aromatic ring is 1. The predicted molar refractivity (Wildman–Crippen MR) is 96.9 cm³/mol. The first-order chi connectivity index (χ1) is 12.1. The monoisotopic (exact) mass is 332 g/mol. The summed E-state index contributed by atoms with van der Waals surface area (Å²) in [5, 5.41) is 0. The largest absolute Gasteiger partial charge is 0.465 e. The normalized spacial score (nSPS) is 11.1. The number of hydrogen-bond donors (Lipinski definition) is 1. The molecule has 0 aliphatic heterocycles. The van der Waals surface area contributed by atoms with Crippen molar-refractivity contribution in [1.82, 2.24) is 14.5 Å². The Morgan fingerprint density at radius 2 is 1.80 bits per heavy atom. The molecular formula is C19H16N4O2. The Balaban J connectivity index is 2.16. The molecule has 0 fully saturated rings. The van der Waals surface area contributed by atoms with Crippen molar-refractivity contribution in [3.8, 4) is 5.69 Å². The second-order valence-corrected chi connectivity index (χ2v) is 5.81. The highest BCUT2D eigenvalue weighted by atomic mass is 16.5. The van der Waals surface area contributed by atoms with E-state index in [-0.39, 0.29) is 11.4 Å². The van der Waals surface area contributed by atoms with Crippen molar-refractivity contribution in [2.24, 2.45) is 0 Å². The van der Waals surface area contributed by atoms with E-state index in [0.717, 1.165) is 16.8 Å². The van der Waals surface area contributed by atoms with E-state index in [4.69, 9.17) is 15.5 Å². The van der Waals surface area contributed by atoms with E-state index in [0.29, 0.717) is 16.7 Å². The summed E-state index contributed by atoms with van der Waals surface area (Å²) >= 11 is 0. The number of aryl methyl sites for hydroxylation is 1. The number of anilines is 1. The van der Waals surface area contributed by atoms with E-state index in [1.54, 1.807) is 4.57 Å². The number of rotatable bonds is 2. The fraction of sp³-hybridized carbons (Fsp3) is 0.105. The van der Waals surface area contributed by atoms with Gasteiger partial charge in [0.2, 0.25) is 0 Å². The molecule has 0 atom stereocenters. The Labute approximate surface area is 143 Å². The minimum absolute atomic E-state index is 0.234. The molecule has 6 nitrogen and oxygen atoms in total. The van der Waals surface area contributed by atoms with Gasteiger partial charge in [-0.3, -0.25) is 4.57 Å². The van der Waals surface area contributed by atoms with Crippen LogP contribution in [0, 0.1) is 6.92 Å². The summed E-state index contributed by atoms with van der Waals surface area (Å²) in [4.78, 5) is 21.6. The van der Waals surface area contributed by atoms with Crippen LogP contribution in [0.3, 0.4) is 0 Å². The first-order valence-corrected chi connectivity index (χ1v) is 7.82. The van der Waals surface area contributed by atoms with Crippen LogP contribution in [-0.4, -0.2) is 27.6 Å². The van der Waals surface area contributed by atoms with Crippen molar-refractivity contribution in [2.45, 2.75) is 6.92 Å². The van der Waals surface area contributed by atoms with Gasteiger partial charge in [-0.2, -0.15) is 0 Å². The number of esters is 1. The molecule has 0 unspecified atom stereocenters. The van der Waals surface area contributed by atoms with E-state index in [1.807, 2.05) is 55.5 Å². The molecule has 0 aliphatic rings. The van der Waals surface area contributed by atoms with Gasteiger partial charge in [-0.15, -0.1) is 0 Å². The summed E-state index contributed by atoms with van der Waals surface area (Å²) in [6, 6.07) is 15.3. The number of aromatic nitrogens is 3. The van der Waals surface area contributed by atoms with Gasteiger partial charge in [0.1, 0.15) is 16.9 Å². The number of benzene rings is 2. The van der Waals surface area contributed by atoms with Gasteiger partial charge in [-0.25, -0.2) is 14.8 Å². The Morgan fingerprint density at radius 1 is 1.08 bits per heavy atom. The van der Waals surface area contributed by atoms with Gasteiger partial charge in [0.25, 0.3) is 0 Å². The maximum atomic E-state index is 12.3.